The van der Waals surface area contributed by atoms with Crippen molar-refractivity contribution in [2.45, 2.75) is 13.8 Å². The maximum atomic E-state index is 4.24. The van der Waals surface area contributed by atoms with Crippen molar-refractivity contribution in [1.82, 2.24) is 9.55 Å². The topological polar surface area (TPSA) is 17.8 Å². The van der Waals surface area contributed by atoms with Crippen LogP contribution in [0.4, 0.5) is 0 Å². The van der Waals surface area contributed by atoms with Crippen molar-refractivity contribution in [1.29, 1.82) is 0 Å². The van der Waals surface area contributed by atoms with Crippen molar-refractivity contribution in [3.8, 4) is 0 Å². The van der Waals surface area contributed by atoms with E-state index in [-0.39, 0.29) is 0 Å². The molecule has 84 valence electrons. The Balaban J connectivity index is 2.59. The summed E-state index contributed by atoms with van der Waals surface area (Å²) in [5.41, 5.74) is 3.64. The number of pyridine rings is 1. The summed E-state index contributed by atoms with van der Waals surface area (Å²) < 4.78 is 2.26. The summed E-state index contributed by atoms with van der Waals surface area (Å²) in [5, 5.41) is 2.54. The predicted molar refractivity (Wildman–Crippen MR) is 72.9 cm³/mol. The molecule has 0 aliphatic rings. The van der Waals surface area contributed by atoms with Gasteiger partial charge in [0.05, 0.1) is 17.2 Å². The van der Waals surface area contributed by atoms with Crippen LogP contribution in [0.2, 0.25) is 0 Å². The molecular formula is C15H14N2. The Hall–Kier alpha value is -2.09. The van der Waals surface area contributed by atoms with E-state index < -0.39 is 0 Å². The van der Waals surface area contributed by atoms with Crippen LogP contribution in [0.5, 0.6) is 0 Å². The van der Waals surface area contributed by atoms with Gasteiger partial charge in [0, 0.05) is 22.7 Å². The zero-order valence-electron chi connectivity index (χ0n) is 10.0. The Kier molecular flexibility index (Phi) is 2.22. The first-order valence-corrected chi connectivity index (χ1v) is 5.79. The Morgan fingerprint density at radius 1 is 1.12 bits per heavy atom. The lowest BCUT2D eigenvalue weighted by atomic mass is 10.2. The third-order valence-corrected chi connectivity index (χ3v) is 3.25. The fourth-order valence-corrected chi connectivity index (χ4v) is 2.33. The minimum Gasteiger partial charge on any atom is -0.312 e. The Morgan fingerprint density at radius 2 is 1.88 bits per heavy atom. The largest absolute Gasteiger partial charge is 0.312 e. The monoisotopic (exact) mass is 222 g/mol. The van der Waals surface area contributed by atoms with E-state index in [2.05, 4.69) is 59.8 Å². The first-order valence-electron chi connectivity index (χ1n) is 5.79. The molecule has 2 aromatic heterocycles. The number of para-hydroxylation sites is 1. The number of benzene rings is 1. The summed E-state index contributed by atoms with van der Waals surface area (Å²) in [5.74, 6) is 0. The van der Waals surface area contributed by atoms with Crippen LogP contribution >= 0.6 is 0 Å². The smallest absolute Gasteiger partial charge is 0.0721 e. The lowest BCUT2D eigenvalue weighted by molar-refractivity contribution is 1.18. The summed E-state index contributed by atoms with van der Waals surface area (Å²) in [7, 11) is 0. The van der Waals surface area contributed by atoms with Gasteiger partial charge in [0.25, 0.3) is 0 Å². The number of allylic oxidation sites excluding steroid dienone is 2. The molecule has 2 heteroatoms. The molecule has 2 heterocycles. The van der Waals surface area contributed by atoms with Crippen LogP contribution < -0.4 is 0 Å². The number of fused-ring (bicyclic) bond motifs is 3. The van der Waals surface area contributed by atoms with E-state index in [0.29, 0.717) is 0 Å². The van der Waals surface area contributed by atoms with Gasteiger partial charge in [0.1, 0.15) is 0 Å². The molecule has 0 saturated heterocycles. The van der Waals surface area contributed by atoms with Crippen molar-refractivity contribution in [3.05, 3.63) is 48.8 Å². The third kappa shape index (κ3) is 1.37. The lowest BCUT2D eigenvalue weighted by Gasteiger charge is -2.06. The minimum absolute atomic E-state index is 1.17. The molecule has 17 heavy (non-hydrogen) atoms. The van der Waals surface area contributed by atoms with E-state index in [0.717, 1.165) is 0 Å². The van der Waals surface area contributed by atoms with Crippen LogP contribution in [0.15, 0.2) is 48.8 Å². The summed E-state index contributed by atoms with van der Waals surface area (Å²) >= 11 is 0. The molecule has 0 aliphatic heterocycles. The van der Waals surface area contributed by atoms with E-state index in [1.165, 1.54) is 27.5 Å². The van der Waals surface area contributed by atoms with Gasteiger partial charge in [-0.25, -0.2) is 0 Å². The molecule has 0 aliphatic carbocycles. The number of hydrogen-bond acceptors (Lipinski definition) is 1. The molecule has 0 N–H and O–H groups in total. The van der Waals surface area contributed by atoms with Crippen molar-refractivity contribution in [3.63, 3.8) is 0 Å². The Bertz CT molecular complexity index is 667. The highest BCUT2D eigenvalue weighted by Crippen LogP contribution is 2.30. The van der Waals surface area contributed by atoms with Crippen LogP contribution in [-0.2, 0) is 0 Å². The first-order chi connectivity index (χ1) is 8.33. The van der Waals surface area contributed by atoms with E-state index in [4.69, 9.17) is 0 Å². The average Bonchev–Trinajstić information content (AvgIpc) is 2.72. The van der Waals surface area contributed by atoms with Crippen molar-refractivity contribution >= 4 is 27.5 Å². The summed E-state index contributed by atoms with van der Waals surface area (Å²) in [6.45, 7) is 4.19. The second-order valence-electron chi connectivity index (χ2n) is 4.18. The van der Waals surface area contributed by atoms with E-state index >= 15 is 0 Å². The third-order valence-electron chi connectivity index (χ3n) is 3.25. The van der Waals surface area contributed by atoms with Crippen molar-refractivity contribution < 1.29 is 0 Å². The maximum Gasteiger partial charge on any atom is 0.0721 e. The SMILES string of the molecule is C/C=C(\C)n1c2ccccc2c2ccncc21. The van der Waals surface area contributed by atoms with Gasteiger partial charge in [-0.1, -0.05) is 24.3 Å². The maximum absolute atomic E-state index is 4.24. The van der Waals surface area contributed by atoms with Gasteiger partial charge in [-0.3, -0.25) is 4.98 Å². The molecule has 0 atom stereocenters. The fraction of sp³-hybridized carbons (Fsp3) is 0.133. The van der Waals surface area contributed by atoms with Gasteiger partial charge < -0.3 is 4.57 Å². The Morgan fingerprint density at radius 3 is 2.71 bits per heavy atom. The van der Waals surface area contributed by atoms with Gasteiger partial charge in [-0.2, -0.15) is 0 Å². The predicted octanol–water partition coefficient (Wildman–Crippen LogP) is 4.07. The van der Waals surface area contributed by atoms with Crippen LogP contribution in [0, 0.1) is 0 Å². The number of nitrogens with zero attached hydrogens (tertiary/aromatic N) is 2. The van der Waals surface area contributed by atoms with Crippen LogP contribution in [0.1, 0.15) is 13.8 Å². The quantitative estimate of drug-likeness (QED) is 0.607. The highest BCUT2D eigenvalue weighted by molar-refractivity contribution is 6.09. The molecule has 2 nitrogen and oxygen atoms in total. The van der Waals surface area contributed by atoms with E-state index in [1.54, 1.807) is 0 Å². The molecule has 0 radical (unpaired) electrons. The van der Waals surface area contributed by atoms with Gasteiger partial charge >= 0.3 is 0 Å². The molecule has 3 aromatic rings. The number of rotatable bonds is 1. The molecule has 0 fully saturated rings. The standard InChI is InChI=1S/C15H14N2/c1-3-11(2)17-14-7-5-4-6-12(14)13-8-9-16-10-15(13)17/h3-10H,1-2H3/b11-3+. The number of aromatic nitrogens is 2. The summed E-state index contributed by atoms with van der Waals surface area (Å²) in [6.07, 6.45) is 5.91. The summed E-state index contributed by atoms with van der Waals surface area (Å²) in [6, 6.07) is 10.6. The van der Waals surface area contributed by atoms with E-state index in [9.17, 15) is 0 Å². The Labute approximate surface area is 100 Å². The molecule has 0 unspecified atom stereocenters. The van der Waals surface area contributed by atoms with Crippen LogP contribution in [0.25, 0.3) is 27.5 Å². The average molecular weight is 222 g/mol. The first kappa shape index (κ1) is 10.1. The highest BCUT2D eigenvalue weighted by atomic mass is 15.0. The zero-order chi connectivity index (χ0) is 11.8. The lowest BCUT2D eigenvalue weighted by Crippen LogP contribution is -1.92. The highest BCUT2D eigenvalue weighted by Gasteiger charge is 2.10. The molecule has 0 saturated carbocycles. The fourth-order valence-electron chi connectivity index (χ4n) is 2.33. The molecule has 1 aromatic carbocycles. The number of hydrogen-bond donors (Lipinski definition) is 0. The van der Waals surface area contributed by atoms with Crippen molar-refractivity contribution in [2.75, 3.05) is 0 Å². The van der Waals surface area contributed by atoms with Gasteiger partial charge in [0.15, 0.2) is 0 Å². The van der Waals surface area contributed by atoms with Crippen molar-refractivity contribution in [2.24, 2.45) is 0 Å². The minimum atomic E-state index is 1.17. The normalized spacial score (nSPS) is 12.5. The second kappa shape index (κ2) is 3.74. The summed E-state index contributed by atoms with van der Waals surface area (Å²) in [4.78, 5) is 4.24. The van der Waals surface area contributed by atoms with Gasteiger partial charge in [-0.15, -0.1) is 0 Å². The molecule has 0 bridgehead atoms. The molecule has 0 spiro atoms. The molecule has 3 rings (SSSR count). The van der Waals surface area contributed by atoms with Crippen LogP contribution in [-0.4, -0.2) is 9.55 Å². The molecular weight excluding hydrogens is 208 g/mol. The molecule has 0 amide bonds. The van der Waals surface area contributed by atoms with Gasteiger partial charge in [0.2, 0.25) is 0 Å². The van der Waals surface area contributed by atoms with Gasteiger partial charge in [-0.05, 0) is 26.0 Å². The van der Waals surface area contributed by atoms with Crippen LogP contribution in [0.3, 0.4) is 0 Å². The van der Waals surface area contributed by atoms with E-state index in [1.807, 2.05) is 12.4 Å². The zero-order valence-corrected chi connectivity index (χ0v) is 10.0. The second-order valence-corrected chi connectivity index (χ2v) is 4.18.